The fraction of sp³-hybridized carbons (Fsp3) is 0.400. The first-order chi connectivity index (χ1) is 12.7. The molecule has 136 valence electrons. The van der Waals surface area contributed by atoms with Gasteiger partial charge in [0.15, 0.2) is 0 Å². The van der Waals surface area contributed by atoms with E-state index in [1.165, 1.54) is 16.0 Å². The second kappa shape index (κ2) is 7.86. The summed E-state index contributed by atoms with van der Waals surface area (Å²) in [6.07, 6.45) is 3.42. The number of carbonyl (C=O) groups is 1. The topological polar surface area (TPSA) is 45.2 Å². The lowest BCUT2D eigenvalue weighted by atomic mass is 10.0. The van der Waals surface area contributed by atoms with E-state index in [4.69, 9.17) is 4.98 Å². The lowest BCUT2D eigenvalue weighted by molar-refractivity contribution is -0.123. The Morgan fingerprint density at radius 1 is 1.31 bits per heavy atom. The second-order valence-electron chi connectivity index (χ2n) is 6.81. The summed E-state index contributed by atoms with van der Waals surface area (Å²) >= 11 is 3.45. The molecule has 1 aliphatic heterocycles. The largest absolute Gasteiger partial charge is 0.348 e. The summed E-state index contributed by atoms with van der Waals surface area (Å²) in [6.45, 7) is 3.45. The summed E-state index contributed by atoms with van der Waals surface area (Å²) in [5, 5.41) is 6.33. The molecule has 1 aromatic carbocycles. The van der Waals surface area contributed by atoms with E-state index >= 15 is 0 Å². The first kappa shape index (κ1) is 17.6. The fourth-order valence-corrected chi connectivity index (χ4v) is 5.44. The third-order valence-electron chi connectivity index (χ3n) is 4.90. The number of thiazole rings is 1. The van der Waals surface area contributed by atoms with Crippen LogP contribution in [0.5, 0.6) is 0 Å². The SMILES string of the molecule is C[C@H](NC(=O)CN1CCCC[C@@H]1c1nc2ccccc2s1)c1cccs1. The molecule has 1 saturated heterocycles. The Labute approximate surface area is 161 Å². The molecule has 1 amide bonds. The van der Waals surface area contributed by atoms with Crippen molar-refractivity contribution in [2.24, 2.45) is 0 Å². The Bertz CT molecular complexity index is 841. The minimum Gasteiger partial charge on any atom is -0.348 e. The monoisotopic (exact) mass is 385 g/mol. The number of carbonyl (C=O) groups excluding carboxylic acids is 1. The van der Waals surface area contributed by atoms with Gasteiger partial charge in [-0.2, -0.15) is 0 Å². The number of hydrogen-bond acceptors (Lipinski definition) is 5. The molecular formula is C20H23N3OS2. The van der Waals surface area contributed by atoms with Gasteiger partial charge < -0.3 is 5.32 Å². The van der Waals surface area contributed by atoms with Crippen LogP contribution in [0.2, 0.25) is 0 Å². The van der Waals surface area contributed by atoms with Crippen LogP contribution in [0.3, 0.4) is 0 Å². The van der Waals surface area contributed by atoms with Gasteiger partial charge in [-0.05, 0) is 49.9 Å². The number of benzene rings is 1. The number of amides is 1. The van der Waals surface area contributed by atoms with Crippen molar-refractivity contribution in [3.63, 3.8) is 0 Å². The number of thiophene rings is 1. The Kier molecular flexibility index (Phi) is 5.33. The molecule has 1 aliphatic rings. The van der Waals surface area contributed by atoms with Crippen molar-refractivity contribution in [3.8, 4) is 0 Å². The van der Waals surface area contributed by atoms with Gasteiger partial charge in [-0.1, -0.05) is 24.6 Å². The van der Waals surface area contributed by atoms with Crippen molar-refractivity contribution in [1.29, 1.82) is 0 Å². The molecule has 4 nitrogen and oxygen atoms in total. The molecule has 0 unspecified atom stereocenters. The minimum atomic E-state index is 0.0631. The molecule has 3 heterocycles. The van der Waals surface area contributed by atoms with Crippen molar-refractivity contribution >= 4 is 38.8 Å². The molecule has 4 rings (SSSR count). The van der Waals surface area contributed by atoms with Crippen LogP contribution in [0.1, 0.15) is 48.2 Å². The van der Waals surface area contributed by atoms with Gasteiger partial charge in [-0.15, -0.1) is 22.7 Å². The number of piperidine rings is 1. The first-order valence-corrected chi connectivity index (χ1v) is 10.8. The number of fused-ring (bicyclic) bond motifs is 1. The average molecular weight is 386 g/mol. The molecule has 0 radical (unpaired) electrons. The number of hydrogen-bond donors (Lipinski definition) is 1. The van der Waals surface area contributed by atoms with E-state index in [-0.39, 0.29) is 18.0 Å². The Balaban J connectivity index is 1.46. The molecule has 1 N–H and O–H groups in total. The lowest BCUT2D eigenvalue weighted by Gasteiger charge is -2.34. The predicted molar refractivity (Wildman–Crippen MR) is 109 cm³/mol. The average Bonchev–Trinajstić information content (AvgIpc) is 3.31. The molecule has 2 aromatic heterocycles. The number of nitrogens with zero attached hydrogens (tertiary/aromatic N) is 2. The van der Waals surface area contributed by atoms with Crippen LogP contribution in [-0.4, -0.2) is 28.9 Å². The molecule has 1 fully saturated rings. The Hall–Kier alpha value is -1.76. The predicted octanol–water partition coefficient (Wildman–Crippen LogP) is 4.76. The van der Waals surface area contributed by atoms with Crippen LogP contribution < -0.4 is 5.32 Å². The molecule has 2 atom stereocenters. The fourth-order valence-electron chi connectivity index (χ4n) is 3.57. The Morgan fingerprint density at radius 2 is 2.19 bits per heavy atom. The molecule has 0 bridgehead atoms. The van der Waals surface area contributed by atoms with Crippen molar-refractivity contribution in [2.45, 2.75) is 38.3 Å². The first-order valence-electron chi connectivity index (χ1n) is 9.13. The highest BCUT2D eigenvalue weighted by Gasteiger charge is 2.28. The summed E-state index contributed by atoms with van der Waals surface area (Å²) in [7, 11) is 0. The third-order valence-corrected chi connectivity index (χ3v) is 7.10. The van der Waals surface area contributed by atoms with Gasteiger partial charge in [0.25, 0.3) is 0 Å². The van der Waals surface area contributed by atoms with Gasteiger partial charge >= 0.3 is 0 Å². The molecule has 0 aliphatic carbocycles. The van der Waals surface area contributed by atoms with Gasteiger partial charge in [0.2, 0.25) is 5.91 Å². The van der Waals surface area contributed by atoms with Crippen LogP contribution >= 0.6 is 22.7 Å². The van der Waals surface area contributed by atoms with Gasteiger partial charge in [0.05, 0.1) is 28.8 Å². The van der Waals surface area contributed by atoms with E-state index in [1.54, 1.807) is 22.7 Å². The van der Waals surface area contributed by atoms with Gasteiger partial charge in [0, 0.05) is 4.88 Å². The molecule has 6 heteroatoms. The number of likely N-dealkylation sites (tertiary alicyclic amines) is 1. The van der Waals surface area contributed by atoms with Crippen LogP contribution in [0.4, 0.5) is 0 Å². The van der Waals surface area contributed by atoms with Crippen molar-refractivity contribution in [2.75, 3.05) is 13.1 Å². The van der Waals surface area contributed by atoms with E-state index in [2.05, 4.69) is 34.5 Å². The second-order valence-corrected chi connectivity index (χ2v) is 8.85. The zero-order valence-corrected chi connectivity index (χ0v) is 16.5. The van der Waals surface area contributed by atoms with E-state index < -0.39 is 0 Å². The van der Waals surface area contributed by atoms with Crippen LogP contribution in [0.15, 0.2) is 41.8 Å². The maximum absolute atomic E-state index is 12.6. The van der Waals surface area contributed by atoms with E-state index in [0.717, 1.165) is 29.9 Å². The Morgan fingerprint density at radius 3 is 3.00 bits per heavy atom. The van der Waals surface area contributed by atoms with Crippen molar-refractivity contribution in [1.82, 2.24) is 15.2 Å². The summed E-state index contributed by atoms with van der Waals surface area (Å²) in [5.41, 5.74) is 1.06. The van der Waals surface area contributed by atoms with Gasteiger partial charge in [-0.25, -0.2) is 4.98 Å². The molecule has 26 heavy (non-hydrogen) atoms. The zero-order chi connectivity index (χ0) is 17.9. The lowest BCUT2D eigenvalue weighted by Crippen LogP contribution is -2.42. The highest BCUT2D eigenvalue weighted by molar-refractivity contribution is 7.18. The maximum Gasteiger partial charge on any atom is 0.234 e. The smallest absolute Gasteiger partial charge is 0.234 e. The van der Waals surface area contributed by atoms with E-state index in [1.807, 2.05) is 24.4 Å². The summed E-state index contributed by atoms with van der Waals surface area (Å²) < 4.78 is 1.23. The normalized spacial score (nSPS) is 19.5. The number of rotatable bonds is 5. The number of aromatic nitrogens is 1. The highest BCUT2D eigenvalue weighted by Crippen LogP contribution is 2.35. The number of para-hydroxylation sites is 1. The third kappa shape index (κ3) is 3.82. The zero-order valence-electron chi connectivity index (χ0n) is 14.9. The summed E-state index contributed by atoms with van der Waals surface area (Å²) in [5.74, 6) is 0.0962. The van der Waals surface area contributed by atoms with Crippen LogP contribution in [0.25, 0.3) is 10.2 Å². The van der Waals surface area contributed by atoms with Gasteiger partial charge in [-0.3, -0.25) is 9.69 Å². The van der Waals surface area contributed by atoms with Crippen LogP contribution in [-0.2, 0) is 4.79 Å². The minimum absolute atomic E-state index is 0.0631. The quantitative estimate of drug-likeness (QED) is 0.688. The summed E-state index contributed by atoms with van der Waals surface area (Å²) in [6, 6.07) is 12.7. The standard InChI is InChI=1S/C20H23N3OS2/c1-14(17-10-6-12-25-17)21-19(24)13-23-11-5-4-8-16(23)20-22-15-7-2-3-9-18(15)26-20/h2-3,6-7,9-10,12,14,16H,4-5,8,11,13H2,1H3,(H,21,24)/t14-,16+/m0/s1. The van der Waals surface area contributed by atoms with Crippen LogP contribution in [0, 0.1) is 0 Å². The van der Waals surface area contributed by atoms with Crippen molar-refractivity contribution < 1.29 is 4.79 Å². The molecular weight excluding hydrogens is 362 g/mol. The molecule has 0 saturated carbocycles. The van der Waals surface area contributed by atoms with Gasteiger partial charge in [0.1, 0.15) is 5.01 Å². The maximum atomic E-state index is 12.6. The highest BCUT2D eigenvalue weighted by atomic mass is 32.1. The van der Waals surface area contributed by atoms with E-state index in [9.17, 15) is 4.79 Å². The van der Waals surface area contributed by atoms with Crippen molar-refractivity contribution in [3.05, 3.63) is 51.7 Å². The van der Waals surface area contributed by atoms with E-state index in [0.29, 0.717) is 6.54 Å². The molecule has 0 spiro atoms. The summed E-state index contributed by atoms with van der Waals surface area (Å²) in [4.78, 5) is 20.9. The number of nitrogens with one attached hydrogen (secondary N) is 1. The molecule has 3 aromatic rings.